The maximum Gasteiger partial charge on any atom is 0.350 e. The first kappa shape index (κ1) is 10.2. The molecule has 0 unspecified atom stereocenters. The lowest BCUT2D eigenvalue weighted by atomic mass is 9.84. The van der Waals surface area contributed by atoms with Gasteiger partial charge >= 0.3 is 11.9 Å². The third-order valence-corrected chi connectivity index (χ3v) is 3.49. The van der Waals surface area contributed by atoms with Crippen LogP contribution in [0.2, 0.25) is 0 Å². The van der Waals surface area contributed by atoms with Gasteiger partial charge in [-0.05, 0) is 10.9 Å². The van der Waals surface area contributed by atoms with E-state index in [4.69, 9.17) is 0 Å². The van der Waals surface area contributed by atoms with Crippen molar-refractivity contribution in [2.75, 3.05) is 0 Å². The molecule has 0 spiro atoms. The van der Waals surface area contributed by atoms with E-state index in [1.165, 1.54) is 0 Å². The summed E-state index contributed by atoms with van der Waals surface area (Å²) in [5.41, 5.74) is 0.993. The van der Waals surface area contributed by atoms with E-state index in [1.54, 1.807) is 24.3 Å². The smallest absolute Gasteiger partial charge is 0.350 e. The van der Waals surface area contributed by atoms with Gasteiger partial charge in [0.2, 0.25) is 5.78 Å². The molecule has 90 valence electrons. The first-order valence-electron chi connectivity index (χ1n) is 5.76. The number of rotatable bonds is 0. The molecular weight excluding hydrogens is 244 g/mol. The fraction of sp³-hybridized carbons (Fsp3) is 0. The van der Waals surface area contributed by atoms with Crippen LogP contribution in [0.1, 0.15) is 15.9 Å². The number of ether oxygens (including phenoxy) is 1. The number of hydrogen-bond donors (Lipinski definition) is 0. The van der Waals surface area contributed by atoms with E-state index >= 15 is 0 Å². The zero-order chi connectivity index (χ0) is 13.1. The molecule has 0 radical (unpaired) electrons. The minimum Gasteiger partial charge on any atom is -0.386 e. The van der Waals surface area contributed by atoms with Gasteiger partial charge in [-0.2, -0.15) is 0 Å². The van der Waals surface area contributed by atoms with Gasteiger partial charge in [0.15, 0.2) is 0 Å². The van der Waals surface area contributed by atoms with Crippen molar-refractivity contribution in [2.45, 2.75) is 0 Å². The normalized spacial score (nSPS) is 16.9. The van der Waals surface area contributed by atoms with Gasteiger partial charge in [-0.15, -0.1) is 0 Å². The highest BCUT2D eigenvalue weighted by atomic mass is 16.6. The molecular formula is C15H6O4. The molecule has 2 aromatic carbocycles. The van der Waals surface area contributed by atoms with E-state index in [0.717, 1.165) is 5.39 Å². The van der Waals surface area contributed by atoms with Crippen LogP contribution in [-0.2, 0) is 14.3 Å². The number of esters is 2. The molecule has 4 heteroatoms. The largest absolute Gasteiger partial charge is 0.386 e. The van der Waals surface area contributed by atoms with Crippen LogP contribution in [0.25, 0.3) is 16.3 Å². The third kappa shape index (κ3) is 1.10. The molecule has 0 amide bonds. The third-order valence-electron chi connectivity index (χ3n) is 3.49. The quantitative estimate of drug-likeness (QED) is 0.407. The number of Topliss-reactive ketones (excluding diaryl/α,β-unsaturated/α-hetero) is 1. The minimum atomic E-state index is -0.850. The summed E-state index contributed by atoms with van der Waals surface area (Å²) in [5.74, 6) is -2.03. The Kier molecular flexibility index (Phi) is 1.70. The average Bonchev–Trinajstić information content (AvgIpc) is 2.71. The summed E-state index contributed by atoms with van der Waals surface area (Å²) >= 11 is 0. The number of carbonyl (C=O) groups excluding carboxylic acids is 3. The summed E-state index contributed by atoms with van der Waals surface area (Å²) < 4.78 is 4.57. The van der Waals surface area contributed by atoms with Crippen LogP contribution < -0.4 is 0 Å². The van der Waals surface area contributed by atoms with Crippen molar-refractivity contribution in [3.63, 3.8) is 0 Å². The molecule has 0 fully saturated rings. The van der Waals surface area contributed by atoms with E-state index < -0.39 is 17.7 Å². The monoisotopic (exact) mass is 250 g/mol. The standard InChI is InChI=1S/C15H6O4/c16-13-9-6-2-4-7-3-1-5-8(10(7)9)11-12(13)15(18)19-14(11)17/h1-6H. The SMILES string of the molecule is O=C1OC(=O)C2=C1C(=O)c1cccc3cccc2c13. The molecule has 1 heterocycles. The van der Waals surface area contributed by atoms with Crippen molar-refractivity contribution in [1.82, 2.24) is 0 Å². The van der Waals surface area contributed by atoms with Crippen molar-refractivity contribution in [1.29, 1.82) is 0 Å². The van der Waals surface area contributed by atoms with E-state index in [9.17, 15) is 14.4 Å². The van der Waals surface area contributed by atoms with Crippen LogP contribution in [-0.4, -0.2) is 17.7 Å². The van der Waals surface area contributed by atoms with Crippen molar-refractivity contribution >= 4 is 34.1 Å². The topological polar surface area (TPSA) is 60.4 Å². The molecule has 4 nitrogen and oxygen atoms in total. The molecule has 0 saturated carbocycles. The molecule has 0 atom stereocenters. The van der Waals surface area contributed by atoms with Crippen LogP contribution in [0.4, 0.5) is 0 Å². The van der Waals surface area contributed by atoms with Crippen molar-refractivity contribution in [3.05, 3.63) is 53.1 Å². The Hall–Kier alpha value is -2.75. The van der Waals surface area contributed by atoms with Gasteiger partial charge in [-0.1, -0.05) is 36.4 Å². The van der Waals surface area contributed by atoms with Crippen molar-refractivity contribution < 1.29 is 19.1 Å². The van der Waals surface area contributed by atoms with Crippen molar-refractivity contribution in [2.24, 2.45) is 0 Å². The zero-order valence-electron chi connectivity index (χ0n) is 9.60. The molecule has 0 aromatic heterocycles. The molecule has 0 N–H and O–H groups in total. The van der Waals surface area contributed by atoms with Crippen LogP contribution >= 0.6 is 0 Å². The lowest BCUT2D eigenvalue weighted by Crippen LogP contribution is -2.15. The van der Waals surface area contributed by atoms with Crippen LogP contribution in [0, 0.1) is 0 Å². The van der Waals surface area contributed by atoms with E-state index in [2.05, 4.69) is 4.74 Å². The molecule has 0 bridgehead atoms. The van der Waals surface area contributed by atoms with E-state index in [-0.39, 0.29) is 11.1 Å². The Balaban J connectivity index is 2.24. The highest BCUT2D eigenvalue weighted by Gasteiger charge is 2.42. The first-order valence-corrected chi connectivity index (χ1v) is 5.76. The summed E-state index contributed by atoms with van der Waals surface area (Å²) in [7, 11) is 0. The van der Waals surface area contributed by atoms with E-state index in [0.29, 0.717) is 16.5 Å². The van der Waals surface area contributed by atoms with Crippen LogP contribution in [0.15, 0.2) is 42.0 Å². The second-order valence-electron chi connectivity index (χ2n) is 4.47. The number of benzene rings is 2. The molecule has 2 aromatic rings. The molecule has 19 heavy (non-hydrogen) atoms. The number of carbonyl (C=O) groups is 3. The average molecular weight is 250 g/mol. The summed E-state index contributed by atoms with van der Waals surface area (Å²) in [6.45, 7) is 0. The van der Waals surface area contributed by atoms with Crippen LogP contribution in [0.5, 0.6) is 0 Å². The fourth-order valence-corrected chi connectivity index (χ4v) is 2.71. The van der Waals surface area contributed by atoms with Gasteiger partial charge in [0.05, 0.1) is 5.57 Å². The molecule has 2 aliphatic rings. The maximum absolute atomic E-state index is 12.3. The van der Waals surface area contributed by atoms with Crippen LogP contribution in [0.3, 0.4) is 0 Å². The Labute approximate surface area is 107 Å². The van der Waals surface area contributed by atoms with Gasteiger partial charge in [0.1, 0.15) is 5.57 Å². The first-order chi connectivity index (χ1) is 9.18. The predicted octanol–water partition coefficient (Wildman–Crippen LogP) is 1.87. The van der Waals surface area contributed by atoms with Gasteiger partial charge in [0.25, 0.3) is 0 Å². The summed E-state index contributed by atoms with van der Waals surface area (Å²) in [6.07, 6.45) is 0. The second kappa shape index (κ2) is 3.17. The summed E-state index contributed by atoms with van der Waals surface area (Å²) in [4.78, 5) is 35.7. The van der Waals surface area contributed by atoms with Gasteiger partial charge in [-0.25, -0.2) is 9.59 Å². The Morgan fingerprint density at radius 2 is 1.37 bits per heavy atom. The minimum absolute atomic E-state index is 0.0966. The lowest BCUT2D eigenvalue weighted by molar-refractivity contribution is -0.150. The predicted molar refractivity (Wildman–Crippen MR) is 66.3 cm³/mol. The molecule has 1 aliphatic heterocycles. The second-order valence-corrected chi connectivity index (χ2v) is 4.47. The Bertz CT molecular complexity index is 837. The number of cyclic esters (lactones) is 2. The van der Waals surface area contributed by atoms with Gasteiger partial charge < -0.3 is 4.74 Å². The molecule has 1 aliphatic carbocycles. The van der Waals surface area contributed by atoms with Crippen molar-refractivity contribution in [3.8, 4) is 0 Å². The number of fused-ring (bicyclic) bond motifs is 1. The summed E-state index contributed by atoms with van der Waals surface area (Å²) in [6, 6.07) is 10.7. The molecule has 4 rings (SSSR count). The zero-order valence-corrected chi connectivity index (χ0v) is 9.60. The maximum atomic E-state index is 12.3. The molecule has 0 saturated heterocycles. The van der Waals surface area contributed by atoms with Gasteiger partial charge in [0, 0.05) is 10.9 Å². The Morgan fingerprint density at radius 1 is 0.737 bits per heavy atom. The Morgan fingerprint density at radius 3 is 2.11 bits per heavy atom. The highest BCUT2D eigenvalue weighted by molar-refractivity contribution is 6.47. The number of ketones is 1. The summed E-state index contributed by atoms with van der Waals surface area (Å²) in [5, 5.41) is 1.57. The highest BCUT2D eigenvalue weighted by Crippen LogP contribution is 2.39. The van der Waals surface area contributed by atoms with E-state index in [1.807, 2.05) is 12.1 Å². The lowest BCUT2D eigenvalue weighted by Gasteiger charge is -2.15. The van der Waals surface area contributed by atoms with Gasteiger partial charge in [-0.3, -0.25) is 4.79 Å². The fourth-order valence-electron chi connectivity index (χ4n) is 2.71. The number of hydrogen-bond acceptors (Lipinski definition) is 4.